The van der Waals surface area contributed by atoms with Gasteiger partial charge in [-0.3, -0.25) is 14.6 Å². The van der Waals surface area contributed by atoms with Gasteiger partial charge in [0.25, 0.3) is 5.91 Å². The van der Waals surface area contributed by atoms with Gasteiger partial charge in [-0.15, -0.1) is 5.10 Å². The minimum Gasteiger partial charge on any atom is -0.346 e. The second-order valence-corrected chi connectivity index (χ2v) is 3.86. The Morgan fingerprint density at radius 1 is 1.61 bits per heavy atom. The van der Waals surface area contributed by atoms with Crippen LogP contribution in [0.4, 0.5) is 0 Å². The molecule has 8 nitrogen and oxygen atoms in total. The van der Waals surface area contributed by atoms with Crippen LogP contribution in [0.2, 0.25) is 0 Å². The van der Waals surface area contributed by atoms with E-state index in [0.717, 1.165) is 11.3 Å². The van der Waals surface area contributed by atoms with Gasteiger partial charge in [0, 0.05) is 24.3 Å². The van der Waals surface area contributed by atoms with Crippen molar-refractivity contribution in [2.24, 2.45) is 5.73 Å². The van der Waals surface area contributed by atoms with Crippen LogP contribution in [0.1, 0.15) is 21.7 Å². The molecule has 0 aliphatic rings. The number of rotatable bonds is 5. The highest BCUT2D eigenvalue weighted by Gasteiger charge is 2.11. The molecule has 8 heteroatoms. The first-order valence-corrected chi connectivity index (χ1v) is 5.58. The van der Waals surface area contributed by atoms with Crippen molar-refractivity contribution in [2.45, 2.75) is 20.0 Å². The molecule has 0 bridgehead atoms. The topological polar surface area (TPSA) is 115 Å². The average Bonchev–Trinajstić information content (AvgIpc) is 2.96. The van der Waals surface area contributed by atoms with E-state index in [1.165, 1.54) is 4.68 Å². The molecular formula is C10H15N7O. The Labute approximate surface area is 104 Å². The molecule has 96 valence electrons. The maximum atomic E-state index is 11.8. The summed E-state index contributed by atoms with van der Waals surface area (Å²) in [7, 11) is 0. The maximum absolute atomic E-state index is 11.8. The van der Waals surface area contributed by atoms with E-state index >= 15 is 0 Å². The maximum Gasteiger partial charge on any atom is 0.273 e. The lowest BCUT2D eigenvalue weighted by Gasteiger charge is -2.01. The van der Waals surface area contributed by atoms with Crippen LogP contribution in [0, 0.1) is 6.92 Å². The van der Waals surface area contributed by atoms with Gasteiger partial charge in [-0.1, -0.05) is 5.21 Å². The van der Waals surface area contributed by atoms with E-state index in [4.69, 9.17) is 5.73 Å². The summed E-state index contributed by atoms with van der Waals surface area (Å²) in [5.41, 5.74) is 7.54. The minimum atomic E-state index is -0.265. The van der Waals surface area contributed by atoms with Crippen molar-refractivity contribution in [1.29, 1.82) is 0 Å². The Kier molecular flexibility index (Phi) is 3.68. The van der Waals surface area contributed by atoms with Crippen molar-refractivity contribution in [3.05, 3.63) is 29.3 Å². The van der Waals surface area contributed by atoms with Gasteiger partial charge in [0.15, 0.2) is 5.69 Å². The molecule has 0 radical (unpaired) electrons. The van der Waals surface area contributed by atoms with Gasteiger partial charge in [0.05, 0.1) is 18.9 Å². The van der Waals surface area contributed by atoms with Gasteiger partial charge < -0.3 is 11.1 Å². The first-order valence-electron chi connectivity index (χ1n) is 5.58. The number of nitrogens with two attached hydrogens (primary N) is 1. The summed E-state index contributed by atoms with van der Waals surface area (Å²) in [5, 5.41) is 17.0. The summed E-state index contributed by atoms with van der Waals surface area (Å²) >= 11 is 0. The fourth-order valence-corrected chi connectivity index (χ4v) is 1.46. The number of H-pyrrole nitrogens is 1. The standard InChI is InChI=1S/C10H15N7O/c1-7-8(5-13-14-7)4-12-10(18)9-6-17(3-2-11)16-15-9/h5-6H,2-4,11H2,1H3,(H,12,18)(H,13,14). The van der Waals surface area contributed by atoms with Crippen LogP contribution in [-0.4, -0.2) is 37.6 Å². The number of carbonyl (C=O) groups excluding carboxylic acids is 1. The predicted molar refractivity (Wildman–Crippen MR) is 63.6 cm³/mol. The lowest BCUT2D eigenvalue weighted by Crippen LogP contribution is -2.23. The molecule has 0 spiro atoms. The molecule has 0 saturated carbocycles. The van der Waals surface area contributed by atoms with Crippen molar-refractivity contribution in [2.75, 3.05) is 6.54 Å². The SMILES string of the molecule is Cc1[nH]ncc1CNC(=O)c1cn(CCN)nn1. The molecule has 4 N–H and O–H groups in total. The number of nitrogens with zero attached hydrogens (tertiary/aromatic N) is 4. The molecule has 0 unspecified atom stereocenters. The summed E-state index contributed by atoms with van der Waals surface area (Å²) in [6.07, 6.45) is 3.26. The van der Waals surface area contributed by atoms with E-state index in [0.29, 0.717) is 19.6 Å². The van der Waals surface area contributed by atoms with Gasteiger partial charge in [0.1, 0.15) is 0 Å². The van der Waals surface area contributed by atoms with Crippen LogP contribution in [0.5, 0.6) is 0 Å². The van der Waals surface area contributed by atoms with Crippen molar-refractivity contribution in [3.8, 4) is 0 Å². The quantitative estimate of drug-likeness (QED) is 0.641. The average molecular weight is 249 g/mol. The molecule has 0 aliphatic carbocycles. The summed E-state index contributed by atoms with van der Waals surface area (Å²) in [5.74, 6) is -0.265. The van der Waals surface area contributed by atoms with Crippen molar-refractivity contribution in [3.63, 3.8) is 0 Å². The summed E-state index contributed by atoms with van der Waals surface area (Å²) in [6.45, 7) is 3.30. The van der Waals surface area contributed by atoms with Crippen LogP contribution in [-0.2, 0) is 13.1 Å². The lowest BCUT2D eigenvalue weighted by atomic mass is 10.2. The van der Waals surface area contributed by atoms with Crippen LogP contribution in [0.3, 0.4) is 0 Å². The van der Waals surface area contributed by atoms with E-state index in [1.807, 2.05) is 6.92 Å². The third-order valence-electron chi connectivity index (χ3n) is 2.50. The second kappa shape index (κ2) is 5.41. The summed E-state index contributed by atoms with van der Waals surface area (Å²) in [6, 6.07) is 0. The summed E-state index contributed by atoms with van der Waals surface area (Å²) < 4.78 is 1.54. The predicted octanol–water partition coefficient (Wildman–Crippen LogP) is -0.802. The molecule has 2 aromatic heterocycles. The molecule has 0 aromatic carbocycles. The van der Waals surface area contributed by atoms with E-state index < -0.39 is 0 Å². The highest BCUT2D eigenvalue weighted by atomic mass is 16.2. The first-order chi connectivity index (χ1) is 8.70. The number of hydrogen-bond donors (Lipinski definition) is 3. The Balaban J connectivity index is 1.93. The normalized spacial score (nSPS) is 10.6. The lowest BCUT2D eigenvalue weighted by molar-refractivity contribution is 0.0946. The number of aromatic nitrogens is 5. The number of hydrogen-bond acceptors (Lipinski definition) is 5. The van der Waals surface area contributed by atoms with Crippen molar-refractivity contribution in [1.82, 2.24) is 30.5 Å². The third-order valence-corrected chi connectivity index (χ3v) is 2.50. The largest absolute Gasteiger partial charge is 0.346 e. The molecule has 0 aliphatic heterocycles. The zero-order chi connectivity index (χ0) is 13.0. The summed E-state index contributed by atoms with van der Waals surface area (Å²) in [4.78, 5) is 11.8. The second-order valence-electron chi connectivity index (χ2n) is 3.86. The smallest absolute Gasteiger partial charge is 0.273 e. The fourth-order valence-electron chi connectivity index (χ4n) is 1.46. The Morgan fingerprint density at radius 3 is 3.11 bits per heavy atom. The molecule has 0 saturated heterocycles. The van der Waals surface area contributed by atoms with Gasteiger partial charge in [-0.2, -0.15) is 5.10 Å². The van der Waals surface area contributed by atoms with Gasteiger partial charge in [-0.05, 0) is 6.92 Å². The van der Waals surface area contributed by atoms with E-state index in [1.54, 1.807) is 12.4 Å². The fraction of sp³-hybridized carbons (Fsp3) is 0.400. The number of aromatic amines is 1. The Morgan fingerprint density at radius 2 is 2.44 bits per heavy atom. The zero-order valence-corrected chi connectivity index (χ0v) is 10.1. The highest BCUT2D eigenvalue weighted by molar-refractivity contribution is 5.91. The van der Waals surface area contributed by atoms with E-state index in [9.17, 15) is 4.79 Å². The van der Waals surface area contributed by atoms with Crippen LogP contribution in [0.15, 0.2) is 12.4 Å². The number of aryl methyl sites for hydroxylation is 1. The molecule has 1 amide bonds. The third kappa shape index (κ3) is 2.72. The Hall–Kier alpha value is -2.22. The van der Waals surface area contributed by atoms with Gasteiger partial charge >= 0.3 is 0 Å². The first kappa shape index (κ1) is 12.2. The van der Waals surface area contributed by atoms with E-state index in [2.05, 4.69) is 25.8 Å². The minimum absolute atomic E-state index is 0.265. The molecule has 2 heterocycles. The van der Waals surface area contributed by atoms with Crippen molar-refractivity contribution < 1.29 is 4.79 Å². The molecule has 2 aromatic rings. The van der Waals surface area contributed by atoms with Crippen LogP contribution < -0.4 is 11.1 Å². The number of nitrogens with one attached hydrogen (secondary N) is 2. The molecule has 2 rings (SSSR count). The monoisotopic (exact) mass is 249 g/mol. The molecule has 18 heavy (non-hydrogen) atoms. The van der Waals surface area contributed by atoms with Crippen molar-refractivity contribution >= 4 is 5.91 Å². The number of amides is 1. The van der Waals surface area contributed by atoms with Gasteiger partial charge in [0.2, 0.25) is 0 Å². The van der Waals surface area contributed by atoms with Gasteiger partial charge in [-0.25, -0.2) is 0 Å². The Bertz CT molecular complexity index is 530. The highest BCUT2D eigenvalue weighted by Crippen LogP contribution is 2.02. The zero-order valence-electron chi connectivity index (χ0n) is 10.1. The molecule has 0 fully saturated rings. The number of carbonyl (C=O) groups is 1. The van der Waals surface area contributed by atoms with Crippen LogP contribution >= 0.6 is 0 Å². The molecular weight excluding hydrogens is 234 g/mol. The van der Waals surface area contributed by atoms with E-state index in [-0.39, 0.29) is 11.6 Å². The molecule has 0 atom stereocenters. The van der Waals surface area contributed by atoms with Crippen LogP contribution in [0.25, 0.3) is 0 Å².